The van der Waals surface area contributed by atoms with Crippen LogP contribution in [0, 0.1) is 0 Å². The second kappa shape index (κ2) is 34.4. The van der Waals surface area contributed by atoms with Crippen LogP contribution in [0.4, 0.5) is 0 Å². The number of rotatable bonds is 35. The maximum atomic E-state index is 12.9. The molecule has 0 aromatic carbocycles. The quantitative estimate of drug-likeness (QED) is 0.0246. The van der Waals surface area contributed by atoms with Gasteiger partial charge in [0.15, 0.2) is 18.7 Å². The lowest BCUT2D eigenvalue weighted by Crippen LogP contribution is -2.61. The number of unbranched alkanes of at least 4 members (excludes halogenated alkanes) is 17. The molecule has 0 saturated carbocycles. The van der Waals surface area contributed by atoms with E-state index in [-0.39, 0.29) is 26.1 Å². The maximum Gasteiger partial charge on any atom is 0.306 e. The molecule has 2 fully saturated rings. The van der Waals surface area contributed by atoms with Gasteiger partial charge in [-0.05, 0) is 44.9 Å². The number of hydrogen-bond donors (Lipinski definition) is 7. The van der Waals surface area contributed by atoms with E-state index in [9.17, 15) is 45.3 Å². The summed E-state index contributed by atoms with van der Waals surface area (Å²) in [6, 6.07) is 0. The van der Waals surface area contributed by atoms with Gasteiger partial charge in [-0.3, -0.25) is 9.59 Å². The molecule has 356 valence electrons. The number of aliphatic hydroxyl groups is 7. The molecule has 61 heavy (non-hydrogen) atoms. The Kier molecular flexibility index (Phi) is 31.1. The highest BCUT2D eigenvalue weighted by Gasteiger charge is 2.47. The Hall–Kier alpha value is -2.02. The molecule has 7 N–H and O–H groups in total. The zero-order valence-corrected chi connectivity index (χ0v) is 37.1. The lowest BCUT2D eigenvalue weighted by atomic mass is 9.98. The van der Waals surface area contributed by atoms with Gasteiger partial charge in [-0.15, -0.1) is 0 Å². The highest BCUT2D eigenvalue weighted by molar-refractivity contribution is 5.70. The van der Waals surface area contributed by atoms with Crippen molar-refractivity contribution in [3.05, 3.63) is 24.3 Å². The van der Waals surface area contributed by atoms with E-state index in [1.165, 1.54) is 51.4 Å². The third kappa shape index (κ3) is 23.5. The number of carbonyl (C=O) groups excluding carboxylic acids is 2. The molecule has 2 saturated heterocycles. The fourth-order valence-corrected chi connectivity index (χ4v) is 7.25. The van der Waals surface area contributed by atoms with Crippen LogP contribution in [0.3, 0.4) is 0 Å². The Labute approximate surface area is 364 Å². The minimum Gasteiger partial charge on any atom is -0.462 e. The van der Waals surface area contributed by atoms with E-state index in [2.05, 4.69) is 38.2 Å². The zero-order valence-electron chi connectivity index (χ0n) is 37.1. The molecule has 11 atom stereocenters. The van der Waals surface area contributed by atoms with Gasteiger partial charge in [-0.2, -0.15) is 0 Å². The number of allylic oxidation sites excluding steroid dienone is 4. The maximum absolute atomic E-state index is 12.9. The van der Waals surface area contributed by atoms with Crippen LogP contribution in [-0.2, 0) is 38.0 Å². The van der Waals surface area contributed by atoms with Crippen molar-refractivity contribution < 1.29 is 73.8 Å². The Balaban J connectivity index is 1.81. The Morgan fingerprint density at radius 3 is 1.54 bits per heavy atom. The van der Waals surface area contributed by atoms with E-state index in [0.29, 0.717) is 12.8 Å². The van der Waals surface area contributed by atoms with E-state index >= 15 is 0 Å². The number of esters is 2. The van der Waals surface area contributed by atoms with Crippen LogP contribution in [0.25, 0.3) is 0 Å². The average molecular weight is 875 g/mol. The summed E-state index contributed by atoms with van der Waals surface area (Å²) in [4.78, 5) is 25.5. The Morgan fingerprint density at radius 2 is 0.984 bits per heavy atom. The van der Waals surface area contributed by atoms with E-state index in [1.54, 1.807) is 0 Å². The molecule has 2 aliphatic rings. The van der Waals surface area contributed by atoms with Gasteiger partial charge in [0.05, 0.1) is 19.8 Å². The smallest absolute Gasteiger partial charge is 0.306 e. The lowest BCUT2D eigenvalue weighted by Gasteiger charge is -2.42. The van der Waals surface area contributed by atoms with Crippen molar-refractivity contribution in [3.63, 3.8) is 0 Å². The minimum absolute atomic E-state index is 0.158. The summed E-state index contributed by atoms with van der Waals surface area (Å²) in [5.74, 6) is -0.939. The number of ether oxygens (including phenoxy) is 6. The van der Waals surface area contributed by atoms with Gasteiger partial charge in [0.1, 0.15) is 55.4 Å². The number of carbonyl (C=O) groups is 2. The van der Waals surface area contributed by atoms with Gasteiger partial charge in [-0.25, -0.2) is 0 Å². The van der Waals surface area contributed by atoms with E-state index < -0.39 is 92.7 Å². The van der Waals surface area contributed by atoms with Crippen molar-refractivity contribution in [2.24, 2.45) is 0 Å². The number of hydrogen-bond acceptors (Lipinski definition) is 15. The molecule has 0 spiro atoms. The van der Waals surface area contributed by atoms with Crippen LogP contribution in [0.15, 0.2) is 24.3 Å². The Morgan fingerprint density at radius 1 is 0.525 bits per heavy atom. The molecule has 2 aliphatic heterocycles. The monoisotopic (exact) mass is 875 g/mol. The topological polar surface area (TPSA) is 231 Å². The molecular formula is C46H82O15. The van der Waals surface area contributed by atoms with Gasteiger partial charge in [0.25, 0.3) is 0 Å². The molecular weight excluding hydrogens is 792 g/mol. The molecule has 0 amide bonds. The number of aliphatic hydroxyl groups excluding tert-OH is 7. The van der Waals surface area contributed by atoms with Gasteiger partial charge in [0.2, 0.25) is 0 Å². The normalized spacial score (nSPS) is 27.5. The predicted molar refractivity (Wildman–Crippen MR) is 229 cm³/mol. The van der Waals surface area contributed by atoms with Gasteiger partial charge >= 0.3 is 11.9 Å². The van der Waals surface area contributed by atoms with Crippen LogP contribution in [-0.4, -0.2) is 142 Å². The van der Waals surface area contributed by atoms with Gasteiger partial charge in [-0.1, -0.05) is 128 Å². The van der Waals surface area contributed by atoms with Crippen molar-refractivity contribution in [1.82, 2.24) is 0 Å². The molecule has 0 radical (unpaired) electrons. The molecule has 0 bridgehead atoms. The molecule has 0 aromatic rings. The first-order valence-electron chi connectivity index (χ1n) is 23.4. The summed E-state index contributed by atoms with van der Waals surface area (Å²) in [5, 5.41) is 71.8. The summed E-state index contributed by atoms with van der Waals surface area (Å²) in [5.41, 5.74) is 0. The second-order valence-corrected chi connectivity index (χ2v) is 16.6. The van der Waals surface area contributed by atoms with Crippen LogP contribution in [0.2, 0.25) is 0 Å². The molecule has 2 rings (SSSR count). The average Bonchev–Trinajstić information content (AvgIpc) is 3.25. The van der Waals surface area contributed by atoms with Crippen LogP contribution in [0.1, 0.15) is 162 Å². The summed E-state index contributed by atoms with van der Waals surface area (Å²) in [6.07, 6.45) is 15.3. The summed E-state index contributed by atoms with van der Waals surface area (Å²) in [7, 11) is 0. The van der Waals surface area contributed by atoms with Crippen molar-refractivity contribution >= 4 is 11.9 Å². The van der Waals surface area contributed by atoms with Crippen molar-refractivity contribution in [1.29, 1.82) is 0 Å². The fraction of sp³-hybridized carbons (Fsp3) is 0.870. The van der Waals surface area contributed by atoms with Crippen molar-refractivity contribution in [2.45, 2.75) is 229 Å². The third-order valence-corrected chi connectivity index (χ3v) is 11.2. The summed E-state index contributed by atoms with van der Waals surface area (Å²) >= 11 is 0. The second-order valence-electron chi connectivity index (χ2n) is 16.6. The SMILES string of the molecule is CCCCCC/C=C\C/C=C\CCCCCCCCCC(=O)OC(COC(=O)CCCCCCCCC)COC1OC(COC2OC(CO)C(O)C(O)C2O)C(O)C(O)C1O. The lowest BCUT2D eigenvalue weighted by molar-refractivity contribution is -0.332. The van der Waals surface area contributed by atoms with Gasteiger partial charge < -0.3 is 64.2 Å². The molecule has 0 aromatic heterocycles. The zero-order chi connectivity index (χ0) is 44.7. The summed E-state index contributed by atoms with van der Waals surface area (Å²) in [6.45, 7) is 2.50. The Bertz CT molecular complexity index is 1170. The van der Waals surface area contributed by atoms with Crippen LogP contribution >= 0.6 is 0 Å². The largest absolute Gasteiger partial charge is 0.462 e. The first-order valence-corrected chi connectivity index (χ1v) is 23.4. The molecule has 11 unspecified atom stereocenters. The molecule has 2 heterocycles. The minimum atomic E-state index is -1.76. The van der Waals surface area contributed by atoms with Crippen molar-refractivity contribution in [2.75, 3.05) is 26.4 Å². The van der Waals surface area contributed by atoms with Crippen LogP contribution < -0.4 is 0 Å². The predicted octanol–water partition coefficient (Wildman–Crippen LogP) is 5.21. The summed E-state index contributed by atoms with van der Waals surface area (Å²) < 4.78 is 33.4. The molecule has 15 heteroatoms. The third-order valence-electron chi connectivity index (χ3n) is 11.2. The molecule has 0 aliphatic carbocycles. The van der Waals surface area contributed by atoms with Crippen molar-refractivity contribution in [3.8, 4) is 0 Å². The van der Waals surface area contributed by atoms with E-state index in [1.807, 2.05) is 0 Å². The van der Waals surface area contributed by atoms with E-state index in [0.717, 1.165) is 70.6 Å². The first kappa shape index (κ1) is 55.1. The molecule has 15 nitrogen and oxygen atoms in total. The fourth-order valence-electron chi connectivity index (χ4n) is 7.25. The highest BCUT2D eigenvalue weighted by atomic mass is 16.7. The first-order chi connectivity index (χ1) is 29.5. The standard InChI is InChI=1S/C46H82O15/c1-3-5-7-9-11-12-13-14-15-16-17-18-19-20-21-23-25-27-29-38(49)59-34(31-56-37(48)28-26-24-22-10-8-6-4-2)32-57-45-44(55)42(53)40(51)36(61-45)33-58-46-43(54)41(52)39(50)35(30-47)60-46/h12-13,15-16,34-36,39-47,50-55H,3-11,14,17-33H2,1-2H3/b13-12-,16-15-. The van der Waals surface area contributed by atoms with E-state index in [4.69, 9.17) is 28.4 Å². The van der Waals surface area contributed by atoms with Gasteiger partial charge in [0, 0.05) is 12.8 Å². The highest BCUT2D eigenvalue weighted by Crippen LogP contribution is 2.26. The van der Waals surface area contributed by atoms with Crippen LogP contribution in [0.5, 0.6) is 0 Å².